The van der Waals surface area contributed by atoms with Gasteiger partial charge in [0.05, 0.1) is 5.69 Å². The third-order valence-corrected chi connectivity index (χ3v) is 2.47. The predicted octanol–water partition coefficient (Wildman–Crippen LogP) is 0.901. The van der Waals surface area contributed by atoms with Crippen molar-refractivity contribution in [2.24, 2.45) is 5.73 Å². The standard InChI is InChI=1S/C11H14N4O/c1-7(16)10-5-9-6-13-8(2)14-11(9)15(10)4-3-12/h5-6H,3-4,12H2,1-2H3. The molecule has 0 atom stereocenters. The average molecular weight is 218 g/mol. The molecule has 0 saturated heterocycles. The highest BCUT2D eigenvalue weighted by molar-refractivity contribution is 5.97. The van der Waals surface area contributed by atoms with Crippen molar-refractivity contribution in [3.63, 3.8) is 0 Å². The molecule has 0 bridgehead atoms. The molecule has 16 heavy (non-hydrogen) atoms. The fraction of sp³-hybridized carbons (Fsp3) is 0.364. The number of aryl methyl sites for hydroxylation is 1. The zero-order valence-electron chi connectivity index (χ0n) is 9.40. The van der Waals surface area contributed by atoms with E-state index in [0.717, 1.165) is 11.0 Å². The minimum atomic E-state index is 0.0177. The minimum Gasteiger partial charge on any atom is -0.329 e. The predicted molar refractivity (Wildman–Crippen MR) is 61.3 cm³/mol. The Labute approximate surface area is 93.3 Å². The van der Waals surface area contributed by atoms with Crippen molar-refractivity contribution in [2.45, 2.75) is 20.4 Å². The molecule has 0 aromatic carbocycles. The Bertz CT molecular complexity index is 544. The lowest BCUT2D eigenvalue weighted by molar-refractivity contribution is 0.100. The molecule has 0 saturated carbocycles. The molecular weight excluding hydrogens is 204 g/mol. The summed E-state index contributed by atoms with van der Waals surface area (Å²) >= 11 is 0. The molecule has 0 aliphatic rings. The molecule has 2 heterocycles. The quantitative estimate of drug-likeness (QED) is 0.777. The summed E-state index contributed by atoms with van der Waals surface area (Å²) < 4.78 is 1.85. The van der Waals surface area contributed by atoms with E-state index in [1.165, 1.54) is 0 Å². The van der Waals surface area contributed by atoms with Crippen molar-refractivity contribution in [2.75, 3.05) is 6.54 Å². The van der Waals surface area contributed by atoms with E-state index in [4.69, 9.17) is 5.73 Å². The van der Waals surface area contributed by atoms with Gasteiger partial charge in [0, 0.05) is 31.6 Å². The zero-order valence-corrected chi connectivity index (χ0v) is 9.40. The fourth-order valence-corrected chi connectivity index (χ4v) is 1.77. The van der Waals surface area contributed by atoms with E-state index in [9.17, 15) is 4.79 Å². The third kappa shape index (κ3) is 1.69. The molecule has 5 heteroatoms. The van der Waals surface area contributed by atoms with E-state index in [1.54, 1.807) is 13.1 Å². The van der Waals surface area contributed by atoms with Crippen molar-refractivity contribution in [3.8, 4) is 0 Å². The van der Waals surface area contributed by atoms with Gasteiger partial charge in [0.1, 0.15) is 11.5 Å². The van der Waals surface area contributed by atoms with Gasteiger partial charge in [0.2, 0.25) is 0 Å². The Hall–Kier alpha value is -1.75. The molecule has 0 amide bonds. The molecule has 0 aliphatic carbocycles. The van der Waals surface area contributed by atoms with Crippen LogP contribution in [-0.2, 0) is 6.54 Å². The molecule has 0 aliphatic heterocycles. The van der Waals surface area contributed by atoms with Gasteiger partial charge in [0.25, 0.3) is 0 Å². The zero-order chi connectivity index (χ0) is 11.7. The fourth-order valence-electron chi connectivity index (χ4n) is 1.77. The lowest BCUT2D eigenvalue weighted by atomic mass is 10.3. The summed E-state index contributed by atoms with van der Waals surface area (Å²) in [5.41, 5.74) is 6.96. The first kappa shape index (κ1) is 10.8. The number of rotatable bonds is 3. The van der Waals surface area contributed by atoms with Crippen LogP contribution in [0, 0.1) is 6.92 Å². The van der Waals surface area contributed by atoms with Crippen LogP contribution in [0.4, 0.5) is 0 Å². The van der Waals surface area contributed by atoms with Crippen molar-refractivity contribution in [1.82, 2.24) is 14.5 Å². The number of aromatic nitrogens is 3. The summed E-state index contributed by atoms with van der Waals surface area (Å²) in [6.07, 6.45) is 1.73. The third-order valence-electron chi connectivity index (χ3n) is 2.47. The smallest absolute Gasteiger partial charge is 0.176 e. The van der Waals surface area contributed by atoms with Gasteiger partial charge in [-0.15, -0.1) is 0 Å². The second-order valence-electron chi connectivity index (χ2n) is 3.72. The molecule has 2 aromatic heterocycles. The Balaban J connectivity index is 2.71. The van der Waals surface area contributed by atoms with Crippen LogP contribution >= 0.6 is 0 Å². The van der Waals surface area contributed by atoms with Gasteiger partial charge in [-0.2, -0.15) is 0 Å². The number of nitrogens with zero attached hydrogens (tertiary/aromatic N) is 3. The largest absolute Gasteiger partial charge is 0.329 e. The number of hydrogen-bond acceptors (Lipinski definition) is 4. The Morgan fingerprint density at radius 2 is 2.31 bits per heavy atom. The van der Waals surface area contributed by atoms with E-state index in [2.05, 4.69) is 9.97 Å². The van der Waals surface area contributed by atoms with Crippen LogP contribution in [0.15, 0.2) is 12.3 Å². The topological polar surface area (TPSA) is 73.8 Å². The van der Waals surface area contributed by atoms with Crippen LogP contribution < -0.4 is 5.73 Å². The van der Waals surface area contributed by atoms with E-state index in [0.29, 0.717) is 24.6 Å². The number of fused-ring (bicyclic) bond motifs is 1. The average Bonchev–Trinajstić information content (AvgIpc) is 2.58. The molecule has 0 radical (unpaired) electrons. The monoisotopic (exact) mass is 218 g/mol. The Kier molecular flexibility index (Phi) is 2.70. The van der Waals surface area contributed by atoms with Crippen LogP contribution in [0.3, 0.4) is 0 Å². The number of nitrogens with two attached hydrogens (primary N) is 1. The summed E-state index contributed by atoms with van der Waals surface area (Å²) in [4.78, 5) is 19.9. The van der Waals surface area contributed by atoms with Gasteiger partial charge in [-0.25, -0.2) is 9.97 Å². The number of ketones is 1. The van der Waals surface area contributed by atoms with E-state index < -0.39 is 0 Å². The molecule has 84 valence electrons. The lowest BCUT2D eigenvalue weighted by Crippen LogP contribution is -2.14. The van der Waals surface area contributed by atoms with Crippen LogP contribution in [0.5, 0.6) is 0 Å². The van der Waals surface area contributed by atoms with Gasteiger partial charge in [-0.1, -0.05) is 0 Å². The molecule has 2 aromatic rings. The molecule has 0 unspecified atom stereocenters. The Morgan fingerprint density at radius 3 is 2.94 bits per heavy atom. The van der Waals surface area contributed by atoms with Gasteiger partial charge in [-0.3, -0.25) is 4.79 Å². The summed E-state index contributed by atoms with van der Waals surface area (Å²) in [6.45, 7) is 4.44. The second-order valence-corrected chi connectivity index (χ2v) is 3.72. The van der Waals surface area contributed by atoms with Crippen LogP contribution in [-0.4, -0.2) is 26.9 Å². The van der Waals surface area contributed by atoms with Gasteiger partial charge in [0.15, 0.2) is 5.78 Å². The van der Waals surface area contributed by atoms with E-state index >= 15 is 0 Å². The maximum atomic E-state index is 11.5. The van der Waals surface area contributed by atoms with Crippen molar-refractivity contribution >= 4 is 16.8 Å². The van der Waals surface area contributed by atoms with Crippen LogP contribution in [0.2, 0.25) is 0 Å². The maximum Gasteiger partial charge on any atom is 0.176 e. The van der Waals surface area contributed by atoms with Gasteiger partial charge in [-0.05, 0) is 13.0 Å². The molecule has 5 nitrogen and oxygen atoms in total. The molecule has 2 N–H and O–H groups in total. The number of carbonyl (C=O) groups excluding carboxylic acids is 1. The molecular formula is C11H14N4O. The van der Waals surface area contributed by atoms with Crippen LogP contribution in [0.1, 0.15) is 23.2 Å². The molecule has 0 fully saturated rings. The molecule has 2 rings (SSSR count). The van der Waals surface area contributed by atoms with Crippen LogP contribution in [0.25, 0.3) is 11.0 Å². The first-order valence-electron chi connectivity index (χ1n) is 5.17. The summed E-state index contributed by atoms with van der Waals surface area (Å²) in [5, 5.41) is 0.879. The Morgan fingerprint density at radius 1 is 1.56 bits per heavy atom. The molecule has 0 spiro atoms. The summed E-state index contributed by atoms with van der Waals surface area (Å²) in [5.74, 6) is 0.711. The normalized spacial score (nSPS) is 10.9. The van der Waals surface area contributed by atoms with E-state index in [-0.39, 0.29) is 5.78 Å². The minimum absolute atomic E-state index is 0.0177. The summed E-state index contributed by atoms with van der Waals surface area (Å²) in [7, 11) is 0. The number of carbonyl (C=O) groups is 1. The SMILES string of the molecule is CC(=O)c1cc2cnc(C)nc2n1CCN. The lowest BCUT2D eigenvalue weighted by Gasteiger charge is -2.05. The van der Waals surface area contributed by atoms with Crippen molar-refractivity contribution in [3.05, 3.63) is 23.8 Å². The van der Waals surface area contributed by atoms with Crippen molar-refractivity contribution < 1.29 is 4.79 Å². The van der Waals surface area contributed by atoms with E-state index in [1.807, 2.05) is 17.6 Å². The number of Topliss-reactive ketones (excluding diaryl/α,β-unsaturated/α-hetero) is 1. The van der Waals surface area contributed by atoms with Crippen molar-refractivity contribution in [1.29, 1.82) is 0 Å². The van der Waals surface area contributed by atoms with Gasteiger partial charge < -0.3 is 10.3 Å². The highest BCUT2D eigenvalue weighted by Gasteiger charge is 2.13. The summed E-state index contributed by atoms with van der Waals surface area (Å²) in [6, 6.07) is 1.81. The maximum absolute atomic E-state index is 11.5. The highest BCUT2D eigenvalue weighted by Crippen LogP contribution is 2.17. The van der Waals surface area contributed by atoms with Gasteiger partial charge >= 0.3 is 0 Å². The second kappa shape index (κ2) is 4.02. The first-order chi connectivity index (χ1) is 7.63. The number of hydrogen-bond donors (Lipinski definition) is 1. The first-order valence-corrected chi connectivity index (χ1v) is 5.17. The highest BCUT2D eigenvalue weighted by atomic mass is 16.1.